The molecule has 212 valence electrons. The summed E-state index contributed by atoms with van der Waals surface area (Å²) in [5.74, 6) is 1.99. The molecule has 0 spiro atoms. The Bertz CT molecular complexity index is 1490. The van der Waals surface area contributed by atoms with Crippen LogP contribution in [0.2, 0.25) is 0 Å². The van der Waals surface area contributed by atoms with Crippen LogP contribution in [-0.2, 0) is 7.05 Å². The smallest absolute Gasteiger partial charge is 0.274 e. The molecule has 2 aromatic heterocycles. The van der Waals surface area contributed by atoms with Gasteiger partial charge in [-0.15, -0.1) is 0 Å². The summed E-state index contributed by atoms with van der Waals surface area (Å²) >= 11 is 0. The van der Waals surface area contributed by atoms with Crippen LogP contribution in [-0.4, -0.2) is 40.3 Å². The molecule has 1 aliphatic carbocycles. The van der Waals surface area contributed by atoms with Gasteiger partial charge >= 0.3 is 0 Å². The average molecular weight is 550 g/mol. The van der Waals surface area contributed by atoms with E-state index in [0.717, 1.165) is 16.7 Å². The van der Waals surface area contributed by atoms with Gasteiger partial charge in [-0.1, -0.05) is 86.0 Å². The molecule has 0 fully saturated rings. The fourth-order valence-corrected chi connectivity index (χ4v) is 4.05. The Labute approximate surface area is 242 Å². The molecule has 1 unspecified atom stereocenters. The molecule has 1 N–H and O–H groups in total. The van der Waals surface area contributed by atoms with Crippen LogP contribution in [0.3, 0.4) is 0 Å². The normalized spacial score (nSPS) is 12.4. The molecule has 1 aliphatic rings. The second-order valence-corrected chi connectivity index (χ2v) is 9.43. The molecular weight excluding hydrogens is 510 g/mol. The summed E-state index contributed by atoms with van der Waals surface area (Å²) in [5.41, 5.74) is 1.04. The van der Waals surface area contributed by atoms with Crippen LogP contribution in [0, 0.1) is 0 Å². The molecule has 5 rings (SSSR count). The Morgan fingerprint density at radius 2 is 1.59 bits per heavy atom. The summed E-state index contributed by atoms with van der Waals surface area (Å²) in [4.78, 5) is 18.7. The van der Waals surface area contributed by atoms with E-state index < -0.39 is 0 Å². The molecule has 0 radical (unpaired) electrons. The van der Waals surface area contributed by atoms with E-state index in [0.29, 0.717) is 23.6 Å². The Morgan fingerprint density at radius 3 is 2.12 bits per heavy atom. The van der Waals surface area contributed by atoms with Gasteiger partial charge in [-0.25, -0.2) is 9.67 Å². The molecule has 0 amide bonds. The van der Waals surface area contributed by atoms with Crippen molar-refractivity contribution in [2.45, 2.75) is 18.9 Å². The van der Waals surface area contributed by atoms with E-state index >= 15 is 0 Å². The average Bonchev–Trinajstić information content (AvgIpc) is 3.02. The first kappa shape index (κ1) is 30.8. The van der Waals surface area contributed by atoms with Crippen molar-refractivity contribution in [2.75, 3.05) is 26.0 Å². The lowest BCUT2D eigenvalue weighted by Gasteiger charge is -2.26. The first-order valence-electron chi connectivity index (χ1n) is 13.5. The Morgan fingerprint density at radius 1 is 0.951 bits per heavy atom. The minimum absolute atomic E-state index is 0.0988. The minimum atomic E-state index is -0.103. The number of nitrogens with zero attached hydrogens (tertiary/aromatic N) is 4. The monoisotopic (exact) mass is 549 g/mol. The number of nitrogens with one attached hydrogen (secondary N) is 1. The summed E-state index contributed by atoms with van der Waals surface area (Å²) in [7, 11) is 5.75. The standard InChI is InChI=1S/C24H25N5O2.C6H8.C4H6/c1-28(2)21(17-11-13-18(14-12-17)31-22-10-6-7-15-25-22)16-26-23-19-8-4-5-9-20(19)24(30)29(3)27-23;1-2-4-6-5-3-1;1-3-4-2/h4-15,21H,16H2,1-3H3,(H,26,27);1-4H,5-6H2;3-4H,1-2H2. The van der Waals surface area contributed by atoms with Gasteiger partial charge in [0.1, 0.15) is 5.75 Å². The van der Waals surface area contributed by atoms with Crippen molar-refractivity contribution in [3.63, 3.8) is 0 Å². The maximum Gasteiger partial charge on any atom is 0.274 e. The highest BCUT2D eigenvalue weighted by Crippen LogP contribution is 2.25. The molecule has 7 heteroatoms. The van der Waals surface area contributed by atoms with Gasteiger partial charge in [0.05, 0.1) is 11.4 Å². The van der Waals surface area contributed by atoms with Crippen LogP contribution in [0.1, 0.15) is 24.4 Å². The number of pyridine rings is 1. The zero-order valence-electron chi connectivity index (χ0n) is 24.1. The second-order valence-electron chi connectivity index (χ2n) is 9.43. The maximum absolute atomic E-state index is 12.4. The van der Waals surface area contributed by atoms with E-state index in [4.69, 9.17) is 4.74 Å². The van der Waals surface area contributed by atoms with Crippen molar-refractivity contribution in [1.82, 2.24) is 19.7 Å². The van der Waals surface area contributed by atoms with Crippen LogP contribution in [0.4, 0.5) is 5.82 Å². The first-order valence-corrected chi connectivity index (χ1v) is 13.5. The lowest BCUT2D eigenvalue weighted by atomic mass is 10.1. The van der Waals surface area contributed by atoms with Gasteiger partial charge in [0.2, 0.25) is 5.88 Å². The highest BCUT2D eigenvalue weighted by molar-refractivity contribution is 5.90. The lowest BCUT2D eigenvalue weighted by Crippen LogP contribution is -2.28. The summed E-state index contributed by atoms with van der Waals surface area (Å²) < 4.78 is 7.17. The number of hydrogen-bond donors (Lipinski definition) is 1. The third kappa shape index (κ3) is 9.44. The van der Waals surface area contributed by atoms with Gasteiger partial charge in [0.15, 0.2) is 5.82 Å². The van der Waals surface area contributed by atoms with E-state index in [-0.39, 0.29) is 11.6 Å². The molecule has 7 nitrogen and oxygen atoms in total. The third-order valence-electron chi connectivity index (χ3n) is 6.22. The predicted octanol–water partition coefficient (Wildman–Crippen LogP) is 7.09. The number of rotatable bonds is 8. The second kappa shape index (κ2) is 16.4. The molecule has 0 saturated carbocycles. The van der Waals surface area contributed by atoms with Gasteiger partial charge in [-0.2, -0.15) is 5.10 Å². The number of fused-ring (bicyclic) bond motifs is 1. The Kier molecular flexibility index (Phi) is 12.3. The minimum Gasteiger partial charge on any atom is -0.439 e. The summed E-state index contributed by atoms with van der Waals surface area (Å²) in [6, 6.07) is 21.2. The molecular formula is C34H39N5O2. The Balaban J connectivity index is 0.000000393. The van der Waals surface area contributed by atoms with Crippen molar-refractivity contribution in [1.29, 1.82) is 0 Å². The fraction of sp³-hybridized carbons (Fsp3) is 0.206. The Hall–Kier alpha value is -4.75. The van der Waals surface area contributed by atoms with Gasteiger partial charge < -0.3 is 15.0 Å². The quantitative estimate of drug-likeness (QED) is 0.237. The SMILES string of the molecule is C1=CCCC=C1.C=CC=C.CN(C)C(CNc1nn(C)c(=O)c2ccccc12)c1ccc(Oc2ccccn2)cc1. The lowest BCUT2D eigenvalue weighted by molar-refractivity contribution is 0.311. The van der Waals surface area contributed by atoms with Crippen LogP contribution in [0.25, 0.3) is 10.8 Å². The van der Waals surface area contributed by atoms with E-state index in [1.165, 1.54) is 17.5 Å². The zero-order valence-corrected chi connectivity index (χ0v) is 24.1. The highest BCUT2D eigenvalue weighted by atomic mass is 16.5. The van der Waals surface area contributed by atoms with E-state index in [1.807, 2.05) is 68.7 Å². The van der Waals surface area contributed by atoms with E-state index in [2.05, 4.69) is 69.9 Å². The number of anilines is 1. The number of aromatic nitrogens is 3. The van der Waals surface area contributed by atoms with Crippen LogP contribution < -0.4 is 15.6 Å². The molecule has 1 atom stereocenters. The van der Waals surface area contributed by atoms with E-state index in [9.17, 15) is 4.79 Å². The van der Waals surface area contributed by atoms with Gasteiger partial charge in [-0.05, 0) is 56.8 Å². The first-order chi connectivity index (χ1) is 19.9. The number of likely N-dealkylation sites (N-methyl/N-ethyl adjacent to an activating group) is 1. The highest BCUT2D eigenvalue weighted by Gasteiger charge is 2.16. The van der Waals surface area contributed by atoms with Crippen molar-refractivity contribution in [3.05, 3.63) is 138 Å². The molecule has 0 saturated heterocycles. The maximum atomic E-state index is 12.4. The number of hydrogen-bond acceptors (Lipinski definition) is 6. The van der Waals surface area contributed by atoms with Gasteiger partial charge in [0.25, 0.3) is 5.56 Å². The molecule has 2 heterocycles. The predicted molar refractivity (Wildman–Crippen MR) is 171 cm³/mol. The van der Waals surface area contributed by atoms with Crippen LogP contribution in [0.15, 0.2) is 127 Å². The van der Waals surface area contributed by atoms with E-state index in [1.54, 1.807) is 25.4 Å². The number of allylic oxidation sites excluding steroid dienone is 6. The number of aryl methyl sites for hydroxylation is 1. The largest absolute Gasteiger partial charge is 0.439 e. The molecule has 4 aromatic rings. The van der Waals surface area contributed by atoms with Gasteiger partial charge in [0, 0.05) is 31.2 Å². The van der Waals surface area contributed by atoms with Crippen molar-refractivity contribution in [2.24, 2.45) is 7.05 Å². The van der Waals surface area contributed by atoms with Gasteiger partial charge in [-0.3, -0.25) is 4.79 Å². The van der Waals surface area contributed by atoms with Crippen molar-refractivity contribution < 1.29 is 4.74 Å². The summed E-state index contributed by atoms with van der Waals surface area (Å²) in [6.07, 6.45) is 16.0. The molecule has 41 heavy (non-hydrogen) atoms. The number of ether oxygens (including phenoxy) is 1. The fourth-order valence-electron chi connectivity index (χ4n) is 4.05. The third-order valence-corrected chi connectivity index (χ3v) is 6.22. The number of benzene rings is 2. The molecule has 0 aliphatic heterocycles. The summed E-state index contributed by atoms with van der Waals surface area (Å²) in [6.45, 7) is 7.35. The van der Waals surface area contributed by atoms with Crippen LogP contribution in [0.5, 0.6) is 11.6 Å². The molecule has 2 aromatic carbocycles. The van der Waals surface area contributed by atoms with Crippen LogP contribution >= 0.6 is 0 Å². The summed E-state index contributed by atoms with van der Waals surface area (Å²) in [5, 5.41) is 9.34. The topological polar surface area (TPSA) is 72.3 Å². The molecule has 0 bridgehead atoms. The van der Waals surface area contributed by atoms with Crippen molar-refractivity contribution >= 4 is 16.6 Å². The van der Waals surface area contributed by atoms with Crippen molar-refractivity contribution in [3.8, 4) is 11.6 Å². The zero-order chi connectivity index (χ0) is 29.5.